The van der Waals surface area contributed by atoms with E-state index in [-0.39, 0.29) is 19.1 Å². The summed E-state index contributed by atoms with van der Waals surface area (Å²) in [6, 6.07) is -0.853. The maximum atomic E-state index is 13.1. The Kier molecular flexibility index (Phi) is 62.9. The Morgan fingerprint density at radius 1 is 0.417 bits per heavy atom. The third-order valence-corrected chi connectivity index (χ3v) is 16.8. The fourth-order valence-electron chi connectivity index (χ4n) is 10.3. The van der Waals surface area contributed by atoms with Crippen LogP contribution < -0.4 is 5.32 Å². The standard InChI is InChI=1S/C75H137N2O6P/c1-6-8-10-12-14-16-18-20-22-24-26-28-30-32-33-34-35-36-37-38-39-40-41-42-43-45-47-49-51-53-55-57-59-61-63-65-67-69-75(79)76-73(72-83-84(80,81)82-71-70-77(3,4)5)74(78)68-66-64-62-60-58-56-54-52-50-48-46-44-31-29-27-25-23-21-19-17-15-13-11-9-7-2/h8,10,14,16,20,22,26,28,32-33,35-36,38-39,66,68,73-74,78H,6-7,9,11-13,15,17-19,21,23-25,27,29-31,34,37,40-65,67,69-72H2,1-5H3,(H-,76,79,80,81)/p+1/b10-8-,16-14-,22-20-,28-26-,33-32-,36-35-,39-38-,68-66+. The quantitative estimate of drug-likeness (QED) is 0.0243. The van der Waals surface area contributed by atoms with E-state index in [2.05, 4.69) is 104 Å². The van der Waals surface area contributed by atoms with E-state index >= 15 is 0 Å². The van der Waals surface area contributed by atoms with Crippen molar-refractivity contribution in [3.63, 3.8) is 0 Å². The lowest BCUT2D eigenvalue weighted by atomic mass is 10.0. The normalized spacial score (nSPS) is 14.2. The molecule has 0 saturated carbocycles. The zero-order valence-corrected chi connectivity index (χ0v) is 56.8. The van der Waals surface area contributed by atoms with Crippen molar-refractivity contribution >= 4 is 13.7 Å². The Morgan fingerprint density at radius 2 is 0.714 bits per heavy atom. The first kappa shape index (κ1) is 81.4. The van der Waals surface area contributed by atoms with Gasteiger partial charge in [0.15, 0.2) is 0 Å². The number of aliphatic hydroxyl groups excluding tert-OH is 1. The predicted molar refractivity (Wildman–Crippen MR) is 369 cm³/mol. The number of hydrogen-bond donors (Lipinski definition) is 3. The van der Waals surface area contributed by atoms with E-state index < -0.39 is 20.0 Å². The number of likely N-dealkylation sites (N-methyl/N-ethyl adjacent to an activating group) is 1. The molecular formula is C75H138N2O6P+. The summed E-state index contributed by atoms with van der Waals surface area (Å²) in [4.78, 5) is 23.4. The molecule has 0 saturated heterocycles. The van der Waals surface area contributed by atoms with Crippen molar-refractivity contribution in [3.05, 3.63) is 97.2 Å². The lowest BCUT2D eigenvalue weighted by Gasteiger charge is -2.25. The van der Waals surface area contributed by atoms with Gasteiger partial charge < -0.3 is 19.8 Å². The molecule has 84 heavy (non-hydrogen) atoms. The number of phosphoric acid groups is 1. The molecule has 1 amide bonds. The molecule has 3 N–H and O–H groups in total. The molecular weight excluding hydrogens is 1060 g/mol. The molecule has 0 aliphatic rings. The minimum atomic E-state index is -4.36. The van der Waals surface area contributed by atoms with Gasteiger partial charge in [-0.05, 0) is 77.0 Å². The Morgan fingerprint density at radius 3 is 1.05 bits per heavy atom. The molecule has 3 atom stereocenters. The van der Waals surface area contributed by atoms with Gasteiger partial charge in [-0.25, -0.2) is 4.57 Å². The number of allylic oxidation sites excluding steroid dienone is 15. The van der Waals surface area contributed by atoms with Crippen molar-refractivity contribution in [2.24, 2.45) is 0 Å². The van der Waals surface area contributed by atoms with Crippen LogP contribution in [0.25, 0.3) is 0 Å². The van der Waals surface area contributed by atoms with Crippen molar-refractivity contribution < 1.29 is 32.9 Å². The summed E-state index contributed by atoms with van der Waals surface area (Å²) >= 11 is 0. The molecule has 9 heteroatoms. The zero-order valence-electron chi connectivity index (χ0n) is 55.9. The fourth-order valence-corrected chi connectivity index (χ4v) is 11.1. The second-order valence-electron chi connectivity index (χ2n) is 25.2. The molecule has 8 nitrogen and oxygen atoms in total. The van der Waals surface area contributed by atoms with Crippen molar-refractivity contribution in [2.75, 3.05) is 40.9 Å². The molecule has 0 aromatic carbocycles. The van der Waals surface area contributed by atoms with Crippen LogP contribution >= 0.6 is 7.82 Å². The highest BCUT2D eigenvalue weighted by Gasteiger charge is 2.28. The second kappa shape index (κ2) is 64.9. The molecule has 0 bridgehead atoms. The summed E-state index contributed by atoms with van der Waals surface area (Å²) in [5, 5.41) is 14.0. The van der Waals surface area contributed by atoms with Gasteiger partial charge in [0.25, 0.3) is 0 Å². The third kappa shape index (κ3) is 66.9. The molecule has 0 heterocycles. The van der Waals surface area contributed by atoms with Crippen LogP contribution in [0.1, 0.15) is 322 Å². The fraction of sp³-hybridized carbons (Fsp3) is 0.773. The molecule has 0 aromatic heterocycles. The summed E-state index contributed by atoms with van der Waals surface area (Å²) < 4.78 is 23.8. The Bertz CT molecular complexity index is 1690. The molecule has 0 aromatic rings. The minimum Gasteiger partial charge on any atom is -0.387 e. The van der Waals surface area contributed by atoms with Gasteiger partial charge in [-0.1, -0.05) is 336 Å². The van der Waals surface area contributed by atoms with E-state index in [0.29, 0.717) is 17.4 Å². The van der Waals surface area contributed by atoms with Crippen LogP contribution in [0.2, 0.25) is 0 Å². The van der Waals surface area contributed by atoms with Gasteiger partial charge in [0, 0.05) is 6.42 Å². The summed E-state index contributed by atoms with van der Waals surface area (Å²) in [6.07, 6.45) is 94.1. The van der Waals surface area contributed by atoms with Crippen LogP contribution in [0.5, 0.6) is 0 Å². The first-order chi connectivity index (χ1) is 41.0. The van der Waals surface area contributed by atoms with Gasteiger partial charge in [-0.2, -0.15) is 0 Å². The topological polar surface area (TPSA) is 105 Å². The minimum absolute atomic E-state index is 0.0595. The van der Waals surface area contributed by atoms with Crippen LogP contribution in [0.15, 0.2) is 97.2 Å². The summed E-state index contributed by atoms with van der Waals surface area (Å²) in [5.74, 6) is -0.176. The van der Waals surface area contributed by atoms with Gasteiger partial charge >= 0.3 is 7.82 Å². The summed E-state index contributed by atoms with van der Waals surface area (Å²) in [6.45, 7) is 4.74. The van der Waals surface area contributed by atoms with Crippen LogP contribution in [0.3, 0.4) is 0 Å². The number of phosphoric ester groups is 1. The monoisotopic (exact) mass is 1190 g/mol. The van der Waals surface area contributed by atoms with Crippen molar-refractivity contribution in [1.82, 2.24) is 5.32 Å². The molecule has 0 aliphatic carbocycles. The third-order valence-electron chi connectivity index (χ3n) is 15.8. The molecule has 0 spiro atoms. The molecule has 0 aliphatic heterocycles. The average Bonchev–Trinajstić information content (AvgIpc) is 3.56. The first-order valence-corrected chi connectivity index (χ1v) is 37.1. The highest BCUT2D eigenvalue weighted by Crippen LogP contribution is 2.43. The smallest absolute Gasteiger partial charge is 0.387 e. The van der Waals surface area contributed by atoms with Gasteiger partial charge in [-0.15, -0.1) is 0 Å². The SMILES string of the molecule is CC/C=C\C/C=C\C/C=C\C/C=C\C/C=C\C/C=C\C/C=C\CCCCCCCCCCCCCCCCCC(=O)NC(COP(=O)(O)OCC[N+](C)(C)C)C(O)/C=C/CCCCCCCCCCCCCCCCCCCCCCCCC. The largest absolute Gasteiger partial charge is 0.472 e. The van der Waals surface area contributed by atoms with E-state index in [0.717, 1.165) is 83.5 Å². The number of quaternary nitrogens is 1. The van der Waals surface area contributed by atoms with Gasteiger partial charge in [-0.3, -0.25) is 13.8 Å². The average molecular weight is 1190 g/mol. The lowest BCUT2D eigenvalue weighted by molar-refractivity contribution is -0.870. The maximum absolute atomic E-state index is 13.1. The number of amides is 1. The predicted octanol–water partition coefficient (Wildman–Crippen LogP) is 22.9. The zero-order chi connectivity index (χ0) is 61.2. The molecule has 0 fully saturated rings. The number of unbranched alkanes of at least 4 members (excludes halogenated alkanes) is 38. The molecule has 488 valence electrons. The number of aliphatic hydroxyl groups is 1. The Balaban J connectivity index is 4.06. The first-order valence-electron chi connectivity index (χ1n) is 35.6. The van der Waals surface area contributed by atoms with E-state index in [1.807, 2.05) is 27.2 Å². The van der Waals surface area contributed by atoms with E-state index in [4.69, 9.17) is 9.05 Å². The van der Waals surface area contributed by atoms with Crippen LogP contribution in [-0.2, 0) is 18.4 Å². The van der Waals surface area contributed by atoms with Crippen molar-refractivity contribution in [2.45, 2.75) is 334 Å². The van der Waals surface area contributed by atoms with Crippen molar-refractivity contribution in [3.8, 4) is 0 Å². The highest BCUT2D eigenvalue weighted by molar-refractivity contribution is 7.47. The number of carbonyl (C=O) groups is 1. The number of nitrogens with zero attached hydrogens (tertiary/aromatic N) is 1. The Labute approximate surface area is 521 Å². The van der Waals surface area contributed by atoms with Gasteiger partial charge in [0.1, 0.15) is 13.2 Å². The number of rotatable bonds is 65. The second-order valence-corrected chi connectivity index (χ2v) is 26.7. The lowest BCUT2D eigenvalue weighted by Crippen LogP contribution is -2.45. The van der Waals surface area contributed by atoms with Gasteiger partial charge in [0.05, 0.1) is 39.9 Å². The Hall–Kier alpha value is -2.58. The van der Waals surface area contributed by atoms with Crippen LogP contribution in [0.4, 0.5) is 0 Å². The molecule has 0 radical (unpaired) electrons. The molecule has 3 unspecified atom stereocenters. The van der Waals surface area contributed by atoms with E-state index in [1.54, 1.807) is 6.08 Å². The highest BCUT2D eigenvalue weighted by atomic mass is 31.2. The van der Waals surface area contributed by atoms with E-state index in [1.165, 1.54) is 218 Å². The van der Waals surface area contributed by atoms with Crippen LogP contribution in [-0.4, -0.2) is 73.4 Å². The number of carbonyl (C=O) groups excluding carboxylic acids is 1. The van der Waals surface area contributed by atoms with E-state index in [9.17, 15) is 19.4 Å². The van der Waals surface area contributed by atoms with Crippen molar-refractivity contribution in [1.29, 1.82) is 0 Å². The maximum Gasteiger partial charge on any atom is 0.472 e. The number of hydrogen-bond acceptors (Lipinski definition) is 5. The number of nitrogens with one attached hydrogen (secondary N) is 1. The van der Waals surface area contributed by atoms with Crippen LogP contribution in [0, 0.1) is 0 Å². The molecule has 0 rings (SSSR count). The van der Waals surface area contributed by atoms with Gasteiger partial charge in [0.2, 0.25) is 5.91 Å². The summed E-state index contributed by atoms with van der Waals surface area (Å²) in [7, 11) is 1.58. The summed E-state index contributed by atoms with van der Waals surface area (Å²) in [5.41, 5.74) is 0.